The molecule has 1 aromatic heterocycles. The van der Waals surface area contributed by atoms with Gasteiger partial charge < -0.3 is 4.74 Å². The molecule has 19 heavy (non-hydrogen) atoms. The van der Waals surface area contributed by atoms with Gasteiger partial charge in [0, 0.05) is 13.1 Å². The average molecular weight is 303 g/mol. The van der Waals surface area contributed by atoms with E-state index in [0.717, 1.165) is 16.9 Å². The summed E-state index contributed by atoms with van der Waals surface area (Å²) in [5.41, 5.74) is 0.736. The number of thiophene rings is 1. The lowest BCUT2D eigenvalue weighted by molar-refractivity contribution is 0.0602. The van der Waals surface area contributed by atoms with Gasteiger partial charge in [-0.05, 0) is 18.4 Å². The van der Waals surface area contributed by atoms with Gasteiger partial charge in [0.25, 0.3) is 0 Å². The van der Waals surface area contributed by atoms with E-state index in [4.69, 9.17) is 0 Å². The maximum atomic E-state index is 12.5. The van der Waals surface area contributed by atoms with Gasteiger partial charge in [-0.25, -0.2) is 13.2 Å². The SMILES string of the molecule is C=C(C)CN(CC)S(=O)(=O)c1ccsc1C(=O)OC. The summed E-state index contributed by atoms with van der Waals surface area (Å²) in [5.74, 6) is -0.639. The van der Waals surface area contributed by atoms with Crippen molar-refractivity contribution in [3.8, 4) is 0 Å². The molecular weight excluding hydrogens is 286 g/mol. The molecule has 0 saturated heterocycles. The predicted molar refractivity (Wildman–Crippen MR) is 74.9 cm³/mol. The molecule has 1 heterocycles. The van der Waals surface area contributed by atoms with Crippen LogP contribution in [0.15, 0.2) is 28.5 Å². The number of likely N-dealkylation sites (N-methyl/N-ethyl adjacent to an activating group) is 1. The van der Waals surface area contributed by atoms with Crippen LogP contribution in [0.4, 0.5) is 0 Å². The van der Waals surface area contributed by atoms with Gasteiger partial charge in [-0.2, -0.15) is 4.31 Å². The van der Waals surface area contributed by atoms with Gasteiger partial charge in [-0.1, -0.05) is 19.1 Å². The summed E-state index contributed by atoms with van der Waals surface area (Å²) in [5, 5.41) is 1.56. The molecule has 0 aromatic carbocycles. The number of sulfonamides is 1. The molecule has 0 bridgehead atoms. The third-order valence-corrected chi connectivity index (χ3v) is 5.40. The number of hydrogen-bond donors (Lipinski definition) is 0. The van der Waals surface area contributed by atoms with Crippen molar-refractivity contribution < 1.29 is 17.9 Å². The zero-order valence-electron chi connectivity index (χ0n) is 11.2. The summed E-state index contributed by atoms with van der Waals surface area (Å²) >= 11 is 1.05. The molecule has 106 valence electrons. The first-order chi connectivity index (χ1) is 8.84. The number of hydrogen-bond acceptors (Lipinski definition) is 5. The topological polar surface area (TPSA) is 63.7 Å². The molecular formula is C12H17NO4S2. The first-order valence-corrected chi connectivity index (χ1v) is 7.96. The Balaban J connectivity index is 3.23. The highest BCUT2D eigenvalue weighted by Gasteiger charge is 2.29. The Morgan fingerprint density at radius 2 is 2.16 bits per heavy atom. The minimum Gasteiger partial charge on any atom is -0.465 e. The maximum Gasteiger partial charge on any atom is 0.349 e. The average Bonchev–Trinajstić information content (AvgIpc) is 2.84. The molecule has 1 aromatic rings. The molecule has 0 fully saturated rings. The van der Waals surface area contributed by atoms with Crippen molar-refractivity contribution in [2.75, 3.05) is 20.2 Å². The summed E-state index contributed by atoms with van der Waals surface area (Å²) < 4.78 is 30.8. The van der Waals surface area contributed by atoms with Crippen molar-refractivity contribution in [1.29, 1.82) is 0 Å². The highest BCUT2D eigenvalue weighted by atomic mass is 32.2. The molecule has 0 atom stereocenters. The zero-order valence-corrected chi connectivity index (χ0v) is 12.8. The second-order valence-electron chi connectivity index (χ2n) is 3.99. The van der Waals surface area contributed by atoms with Crippen LogP contribution in [-0.4, -0.2) is 38.9 Å². The fourth-order valence-electron chi connectivity index (χ4n) is 1.55. The van der Waals surface area contributed by atoms with Gasteiger partial charge >= 0.3 is 5.97 Å². The fraction of sp³-hybridized carbons (Fsp3) is 0.417. The summed E-state index contributed by atoms with van der Waals surface area (Å²) in [7, 11) is -2.48. The number of methoxy groups -OCH3 is 1. The van der Waals surface area contributed by atoms with Crippen molar-refractivity contribution in [3.05, 3.63) is 28.5 Å². The smallest absolute Gasteiger partial charge is 0.349 e. The number of rotatable bonds is 6. The number of carbonyl (C=O) groups is 1. The van der Waals surface area contributed by atoms with Crippen molar-refractivity contribution in [1.82, 2.24) is 4.31 Å². The number of esters is 1. The third-order valence-electron chi connectivity index (χ3n) is 2.42. The lowest BCUT2D eigenvalue weighted by Gasteiger charge is -2.20. The van der Waals surface area contributed by atoms with Crippen molar-refractivity contribution in [3.63, 3.8) is 0 Å². The molecule has 5 nitrogen and oxygen atoms in total. The van der Waals surface area contributed by atoms with Gasteiger partial charge in [-0.15, -0.1) is 11.3 Å². The van der Waals surface area contributed by atoms with E-state index in [-0.39, 0.29) is 16.3 Å². The van der Waals surface area contributed by atoms with Crippen LogP contribution in [-0.2, 0) is 14.8 Å². The lowest BCUT2D eigenvalue weighted by Crippen LogP contribution is -2.32. The van der Waals surface area contributed by atoms with E-state index in [9.17, 15) is 13.2 Å². The van der Waals surface area contributed by atoms with Crippen molar-refractivity contribution >= 4 is 27.3 Å². The van der Waals surface area contributed by atoms with Crippen LogP contribution in [0, 0.1) is 0 Å². The number of ether oxygens (including phenoxy) is 1. The largest absolute Gasteiger partial charge is 0.465 e. The molecule has 0 unspecified atom stereocenters. The van der Waals surface area contributed by atoms with E-state index in [0.29, 0.717) is 6.54 Å². The highest BCUT2D eigenvalue weighted by molar-refractivity contribution is 7.89. The second kappa shape index (κ2) is 6.31. The highest BCUT2D eigenvalue weighted by Crippen LogP contribution is 2.26. The molecule has 7 heteroatoms. The monoisotopic (exact) mass is 303 g/mol. The molecule has 1 rings (SSSR count). The van der Waals surface area contributed by atoms with Gasteiger partial charge in [0.15, 0.2) is 0 Å². The van der Waals surface area contributed by atoms with E-state index in [1.807, 2.05) is 0 Å². The second-order valence-corrected chi connectivity index (χ2v) is 6.82. The van der Waals surface area contributed by atoms with E-state index in [1.54, 1.807) is 19.2 Å². The van der Waals surface area contributed by atoms with Gasteiger partial charge in [0.1, 0.15) is 9.77 Å². The molecule has 0 aliphatic carbocycles. The molecule has 0 aliphatic rings. The van der Waals surface area contributed by atoms with Crippen molar-refractivity contribution in [2.24, 2.45) is 0 Å². The Hall–Kier alpha value is -1.18. The summed E-state index contributed by atoms with van der Waals surface area (Å²) in [6.07, 6.45) is 0. The maximum absolute atomic E-state index is 12.5. The Kier molecular flexibility index (Phi) is 5.28. The van der Waals surface area contributed by atoms with Crippen LogP contribution >= 0.6 is 11.3 Å². The standard InChI is InChI=1S/C12H17NO4S2/c1-5-13(8-9(2)3)19(15,16)10-6-7-18-11(10)12(14)17-4/h6-7H,2,5,8H2,1,3-4H3. The van der Waals surface area contributed by atoms with Crippen LogP contribution in [0.5, 0.6) is 0 Å². The van der Waals surface area contributed by atoms with E-state index >= 15 is 0 Å². The predicted octanol–water partition coefficient (Wildman–Crippen LogP) is 2.12. The molecule has 0 N–H and O–H groups in total. The molecule has 0 radical (unpaired) electrons. The van der Waals surface area contributed by atoms with Gasteiger partial charge in [-0.3, -0.25) is 0 Å². The molecule has 0 spiro atoms. The molecule has 0 amide bonds. The zero-order chi connectivity index (χ0) is 14.6. The van der Waals surface area contributed by atoms with Gasteiger partial charge in [0.2, 0.25) is 10.0 Å². The van der Waals surface area contributed by atoms with Crippen LogP contribution < -0.4 is 0 Å². The molecule has 0 aliphatic heterocycles. The van der Waals surface area contributed by atoms with E-state index < -0.39 is 16.0 Å². The van der Waals surface area contributed by atoms with Crippen LogP contribution in [0.25, 0.3) is 0 Å². The minimum atomic E-state index is -3.71. The number of carbonyl (C=O) groups excluding carboxylic acids is 1. The normalized spacial score (nSPS) is 11.6. The third kappa shape index (κ3) is 3.43. The minimum absolute atomic E-state index is 0.00699. The van der Waals surface area contributed by atoms with Gasteiger partial charge in [0.05, 0.1) is 7.11 Å². The quantitative estimate of drug-likeness (QED) is 0.596. The first-order valence-electron chi connectivity index (χ1n) is 5.65. The van der Waals surface area contributed by atoms with Crippen LogP contribution in [0.3, 0.4) is 0 Å². The molecule has 0 saturated carbocycles. The Morgan fingerprint density at radius 1 is 1.53 bits per heavy atom. The first kappa shape index (κ1) is 15.9. The summed E-state index contributed by atoms with van der Waals surface area (Å²) in [6, 6.07) is 1.42. The van der Waals surface area contributed by atoms with Crippen LogP contribution in [0.2, 0.25) is 0 Å². The fourth-order valence-corrected chi connectivity index (χ4v) is 4.37. The number of nitrogens with zero attached hydrogens (tertiary/aromatic N) is 1. The Bertz CT molecular complexity index is 574. The lowest BCUT2D eigenvalue weighted by atomic mass is 10.3. The van der Waals surface area contributed by atoms with Crippen LogP contribution in [0.1, 0.15) is 23.5 Å². The van der Waals surface area contributed by atoms with Crippen molar-refractivity contribution in [2.45, 2.75) is 18.7 Å². The summed E-state index contributed by atoms with van der Waals surface area (Å²) in [4.78, 5) is 11.7. The Labute approximate surface area is 117 Å². The van der Waals surface area contributed by atoms with E-state index in [2.05, 4.69) is 11.3 Å². The van der Waals surface area contributed by atoms with E-state index in [1.165, 1.54) is 17.5 Å². The summed E-state index contributed by atoms with van der Waals surface area (Å²) in [6.45, 7) is 7.76. The Morgan fingerprint density at radius 3 is 2.63 bits per heavy atom.